The Labute approximate surface area is 95.9 Å². The fourth-order valence-corrected chi connectivity index (χ4v) is 1.30. The van der Waals surface area contributed by atoms with E-state index in [2.05, 4.69) is 5.32 Å². The Morgan fingerprint density at radius 2 is 2.19 bits per heavy atom. The molecule has 0 saturated carbocycles. The second kappa shape index (κ2) is 7.09. The van der Waals surface area contributed by atoms with Gasteiger partial charge in [-0.2, -0.15) is 0 Å². The molecule has 1 rings (SSSR count). The smallest absolute Gasteiger partial charge is 0.123 e. The molecular formula is C12H19NO3. The van der Waals surface area contributed by atoms with Crippen LogP contribution in [0.1, 0.15) is 18.9 Å². The second-order valence-electron chi connectivity index (χ2n) is 3.54. The van der Waals surface area contributed by atoms with Gasteiger partial charge in [0.15, 0.2) is 0 Å². The monoisotopic (exact) mass is 225 g/mol. The van der Waals surface area contributed by atoms with Crippen LogP contribution >= 0.6 is 0 Å². The number of rotatable bonds is 7. The van der Waals surface area contributed by atoms with E-state index in [-0.39, 0.29) is 12.4 Å². The van der Waals surface area contributed by atoms with Gasteiger partial charge in [-0.15, -0.1) is 0 Å². The molecule has 1 aromatic carbocycles. The van der Waals surface area contributed by atoms with E-state index in [1.54, 1.807) is 6.07 Å². The van der Waals surface area contributed by atoms with Crippen molar-refractivity contribution >= 4 is 0 Å². The van der Waals surface area contributed by atoms with Crippen molar-refractivity contribution in [2.45, 2.75) is 19.9 Å². The number of hydrogen-bond acceptors (Lipinski definition) is 4. The Hall–Kier alpha value is -1.26. The normalized spacial score (nSPS) is 10.4. The van der Waals surface area contributed by atoms with Gasteiger partial charge in [0.25, 0.3) is 0 Å². The lowest BCUT2D eigenvalue weighted by Crippen LogP contribution is -2.17. The summed E-state index contributed by atoms with van der Waals surface area (Å²) in [5.74, 6) is 0.907. The number of ether oxygens (including phenoxy) is 1. The van der Waals surface area contributed by atoms with Crippen molar-refractivity contribution in [2.24, 2.45) is 0 Å². The maximum absolute atomic E-state index is 9.71. The van der Waals surface area contributed by atoms with Crippen LogP contribution in [0.2, 0.25) is 0 Å². The molecule has 0 fully saturated rings. The third-order valence-corrected chi connectivity index (χ3v) is 2.13. The number of benzene rings is 1. The SMILES string of the molecule is CCCOc1ccc(CNCCO)c(O)c1. The highest BCUT2D eigenvalue weighted by Gasteiger charge is 2.02. The maximum Gasteiger partial charge on any atom is 0.123 e. The van der Waals surface area contributed by atoms with Crippen LogP contribution in [-0.2, 0) is 6.54 Å². The number of nitrogens with one attached hydrogen (secondary N) is 1. The summed E-state index contributed by atoms with van der Waals surface area (Å²) >= 11 is 0. The summed E-state index contributed by atoms with van der Waals surface area (Å²) in [6.07, 6.45) is 0.945. The summed E-state index contributed by atoms with van der Waals surface area (Å²) in [5.41, 5.74) is 0.803. The third kappa shape index (κ3) is 4.08. The van der Waals surface area contributed by atoms with Gasteiger partial charge in [0.1, 0.15) is 11.5 Å². The summed E-state index contributed by atoms with van der Waals surface area (Å²) in [4.78, 5) is 0. The standard InChI is InChI=1S/C12H19NO3/c1-2-7-16-11-4-3-10(12(15)8-11)9-13-5-6-14/h3-4,8,13-15H,2,5-7,9H2,1H3. The number of aliphatic hydroxyl groups excluding tert-OH is 1. The van der Waals surface area contributed by atoms with Crippen LogP contribution < -0.4 is 10.1 Å². The molecular weight excluding hydrogens is 206 g/mol. The van der Waals surface area contributed by atoms with Gasteiger partial charge in [-0.1, -0.05) is 13.0 Å². The number of aliphatic hydroxyl groups is 1. The average molecular weight is 225 g/mol. The van der Waals surface area contributed by atoms with Crippen molar-refractivity contribution in [1.29, 1.82) is 0 Å². The molecule has 90 valence electrons. The molecule has 0 radical (unpaired) electrons. The Kier molecular flexibility index (Phi) is 5.67. The molecule has 0 aliphatic heterocycles. The topological polar surface area (TPSA) is 61.7 Å². The number of aromatic hydroxyl groups is 1. The average Bonchev–Trinajstić information content (AvgIpc) is 2.29. The van der Waals surface area contributed by atoms with Crippen LogP contribution in [0, 0.1) is 0 Å². The molecule has 0 atom stereocenters. The lowest BCUT2D eigenvalue weighted by Gasteiger charge is -2.09. The van der Waals surface area contributed by atoms with E-state index in [1.807, 2.05) is 19.1 Å². The molecule has 0 unspecified atom stereocenters. The first kappa shape index (κ1) is 12.8. The Balaban J connectivity index is 2.53. The van der Waals surface area contributed by atoms with E-state index in [0.29, 0.717) is 25.4 Å². The molecule has 0 spiro atoms. The predicted octanol–water partition coefficient (Wildman–Crippen LogP) is 1.26. The molecule has 0 heterocycles. The number of phenols is 1. The van der Waals surface area contributed by atoms with Gasteiger partial charge in [-0.05, 0) is 12.5 Å². The minimum Gasteiger partial charge on any atom is -0.507 e. The zero-order valence-corrected chi connectivity index (χ0v) is 9.57. The van der Waals surface area contributed by atoms with Crippen LogP contribution in [0.4, 0.5) is 0 Å². The molecule has 0 aliphatic rings. The number of hydrogen-bond donors (Lipinski definition) is 3. The quantitative estimate of drug-likeness (QED) is 0.611. The Bertz CT molecular complexity index is 315. The molecule has 4 heteroatoms. The van der Waals surface area contributed by atoms with Crippen LogP contribution in [0.5, 0.6) is 11.5 Å². The fourth-order valence-electron chi connectivity index (χ4n) is 1.30. The summed E-state index contributed by atoms with van der Waals surface area (Å²) in [6, 6.07) is 5.28. The summed E-state index contributed by atoms with van der Waals surface area (Å²) in [7, 11) is 0. The highest BCUT2D eigenvalue weighted by Crippen LogP contribution is 2.23. The number of phenolic OH excluding ortho intramolecular Hbond substituents is 1. The minimum atomic E-state index is 0.0957. The van der Waals surface area contributed by atoms with Gasteiger partial charge in [0.05, 0.1) is 13.2 Å². The fraction of sp³-hybridized carbons (Fsp3) is 0.500. The Morgan fingerprint density at radius 3 is 2.81 bits per heavy atom. The van der Waals surface area contributed by atoms with Gasteiger partial charge in [0.2, 0.25) is 0 Å². The molecule has 0 bridgehead atoms. The van der Waals surface area contributed by atoms with Gasteiger partial charge < -0.3 is 20.3 Å². The van der Waals surface area contributed by atoms with Gasteiger partial charge >= 0.3 is 0 Å². The van der Waals surface area contributed by atoms with Crippen molar-refractivity contribution in [3.8, 4) is 11.5 Å². The molecule has 1 aromatic rings. The molecule has 0 aromatic heterocycles. The first-order valence-corrected chi connectivity index (χ1v) is 5.54. The molecule has 0 amide bonds. The molecule has 3 N–H and O–H groups in total. The van der Waals surface area contributed by atoms with E-state index >= 15 is 0 Å². The molecule has 4 nitrogen and oxygen atoms in total. The third-order valence-electron chi connectivity index (χ3n) is 2.13. The first-order chi connectivity index (χ1) is 7.77. The van der Waals surface area contributed by atoms with E-state index in [4.69, 9.17) is 9.84 Å². The molecule has 0 saturated heterocycles. The first-order valence-electron chi connectivity index (χ1n) is 5.54. The van der Waals surface area contributed by atoms with Crippen molar-refractivity contribution in [1.82, 2.24) is 5.32 Å². The van der Waals surface area contributed by atoms with Crippen LogP contribution in [0.15, 0.2) is 18.2 Å². The maximum atomic E-state index is 9.71. The molecule has 0 aliphatic carbocycles. The van der Waals surface area contributed by atoms with E-state index in [1.165, 1.54) is 0 Å². The zero-order chi connectivity index (χ0) is 11.8. The van der Waals surface area contributed by atoms with Crippen LogP contribution in [0.3, 0.4) is 0 Å². The lowest BCUT2D eigenvalue weighted by molar-refractivity contribution is 0.291. The predicted molar refractivity (Wildman–Crippen MR) is 62.7 cm³/mol. The van der Waals surface area contributed by atoms with Crippen LogP contribution in [-0.4, -0.2) is 30.0 Å². The molecule has 16 heavy (non-hydrogen) atoms. The summed E-state index contributed by atoms with van der Waals surface area (Å²) in [5, 5.41) is 21.3. The van der Waals surface area contributed by atoms with E-state index in [9.17, 15) is 5.11 Å². The Morgan fingerprint density at radius 1 is 1.38 bits per heavy atom. The van der Waals surface area contributed by atoms with Crippen molar-refractivity contribution in [2.75, 3.05) is 19.8 Å². The lowest BCUT2D eigenvalue weighted by atomic mass is 10.2. The zero-order valence-electron chi connectivity index (χ0n) is 9.57. The van der Waals surface area contributed by atoms with E-state index < -0.39 is 0 Å². The van der Waals surface area contributed by atoms with Gasteiger partial charge in [-0.25, -0.2) is 0 Å². The summed E-state index contributed by atoms with van der Waals surface area (Å²) < 4.78 is 5.40. The highest BCUT2D eigenvalue weighted by atomic mass is 16.5. The van der Waals surface area contributed by atoms with E-state index in [0.717, 1.165) is 12.0 Å². The highest BCUT2D eigenvalue weighted by molar-refractivity contribution is 5.39. The second-order valence-corrected chi connectivity index (χ2v) is 3.54. The largest absolute Gasteiger partial charge is 0.507 e. The minimum absolute atomic E-state index is 0.0957. The van der Waals surface area contributed by atoms with Gasteiger partial charge in [0, 0.05) is 24.7 Å². The summed E-state index contributed by atoms with van der Waals surface area (Å²) in [6.45, 7) is 3.85. The van der Waals surface area contributed by atoms with Crippen molar-refractivity contribution < 1.29 is 14.9 Å². The van der Waals surface area contributed by atoms with Crippen molar-refractivity contribution in [3.63, 3.8) is 0 Å². The van der Waals surface area contributed by atoms with Crippen LogP contribution in [0.25, 0.3) is 0 Å². The van der Waals surface area contributed by atoms with Crippen molar-refractivity contribution in [3.05, 3.63) is 23.8 Å². The van der Waals surface area contributed by atoms with Gasteiger partial charge in [-0.3, -0.25) is 0 Å².